The summed E-state index contributed by atoms with van der Waals surface area (Å²) in [7, 11) is -1.93. The number of benzene rings is 3. The van der Waals surface area contributed by atoms with Crippen molar-refractivity contribution in [3.63, 3.8) is 0 Å². The first kappa shape index (κ1) is 42.8. The number of piperazine rings is 1. The minimum absolute atomic E-state index is 0.0100. The average molecular weight is 876 g/mol. The van der Waals surface area contributed by atoms with Gasteiger partial charge in [-0.1, -0.05) is 30.7 Å². The van der Waals surface area contributed by atoms with Crippen LogP contribution in [0.5, 0.6) is 0 Å². The first-order chi connectivity index (χ1) is 30.4. The zero-order chi connectivity index (χ0) is 44.3. The maximum atomic E-state index is 13.3. The minimum Gasteiger partial charge on any atom is -0.414 e. The molecule has 3 aromatic carbocycles. The van der Waals surface area contributed by atoms with Gasteiger partial charge in [0.05, 0.1) is 27.9 Å². The van der Waals surface area contributed by atoms with E-state index in [0.29, 0.717) is 69.0 Å². The van der Waals surface area contributed by atoms with Crippen molar-refractivity contribution in [2.45, 2.75) is 56.0 Å². The molecule has 5 heterocycles. The molecular weight excluding hydrogens is 831 g/mol. The second-order valence-electron chi connectivity index (χ2n) is 15.4. The number of nitrogen functional groups attached to an aromatic ring is 1. The smallest absolute Gasteiger partial charge is 0.270 e. The Morgan fingerprint density at radius 2 is 1.59 bits per heavy atom. The summed E-state index contributed by atoms with van der Waals surface area (Å²) in [6, 6.07) is 17.9. The summed E-state index contributed by atoms with van der Waals surface area (Å²) in [5.74, 6) is -1.71. The van der Waals surface area contributed by atoms with Gasteiger partial charge in [-0.3, -0.25) is 34.2 Å². The molecule has 63 heavy (non-hydrogen) atoms. The fourth-order valence-corrected chi connectivity index (χ4v) is 8.87. The summed E-state index contributed by atoms with van der Waals surface area (Å²) >= 11 is 0. The zero-order valence-corrected chi connectivity index (χ0v) is 35.2. The predicted molar refractivity (Wildman–Crippen MR) is 229 cm³/mol. The molecule has 5 aromatic rings. The number of fused-ring (bicyclic) bond motifs is 1. The lowest BCUT2D eigenvalue weighted by Crippen LogP contribution is -2.54. The minimum atomic E-state index is -3.80. The van der Waals surface area contributed by atoms with Gasteiger partial charge in [-0.05, 0) is 74.3 Å². The van der Waals surface area contributed by atoms with Crippen LogP contribution in [0.4, 0.5) is 11.5 Å². The maximum absolute atomic E-state index is 13.3. The number of carbonyl (C=O) groups excluding carboxylic acids is 5. The van der Waals surface area contributed by atoms with Crippen LogP contribution < -0.4 is 26.0 Å². The number of nitrogens with one attached hydrogen (secondary N) is 3. The van der Waals surface area contributed by atoms with Gasteiger partial charge >= 0.3 is 0 Å². The largest absolute Gasteiger partial charge is 0.414 e. The molecule has 3 aliphatic rings. The van der Waals surface area contributed by atoms with Crippen LogP contribution >= 0.6 is 0 Å². The number of aromatic nitrogens is 4. The zero-order valence-electron chi connectivity index (χ0n) is 34.4. The number of sulfonamides is 1. The molecule has 2 saturated heterocycles. The summed E-state index contributed by atoms with van der Waals surface area (Å²) < 4.78 is 34.7. The van der Waals surface area contributed by atoms with Gasteiger partial charge in [0, 0.05) is 68.9 Å². The molecule has 0 bridgehead atoms. The SMILES string of the molecule is CNCc1ccc(-c2nnc(-c3nc(-c4ccc(S(=O)(=O)NCCCCCC(=O)N5CCN(c6ccc7c(c6)C(=O)N(C6CCC(=O)NC6=O)C7=O)CC5)cc4)cnc3N)o2)cc1. The predicted octanol–water partition coefficient (Wildman–Crippen LogP) is 2.75. The van der Waals surface area contributed by atoms with Gasteiger partial charge in [0.15, 0.2) is 11.5 Å². The summed E-state index contributed by atoms with van der Waals surface area (Å²) in [5.41, 5.74) is 10.4. The Hall–Kier alpha value is -6.90. The number of anilines is 2. The lowest BCUT2D eigenvalue weighted by molar-refractivity contribution is -0.136. The third-order valence-electron chi connectivity index (χ3n) is 11.3. The van der Waals surface area contributed by atoms with Crippen LogP contribution in [0, 0.1) is 0 Å². The molecule has 0 saturated carbocycles. The summed E-state index contributed by atoms with van der Waals surface area (Å²) in [4.78, 5) is 77.1. The van der Waals surface area contributed by atoms with Gasteiger partial charge < -0.3 is 25.3 Å². The van der Waals surface area contributed by atoms with Crippen molar-refractivity contribution in [2.75, 3.05) is 50.4 Å². The van der Waals surface area contributed by atoms with Crippen LogP contribution in [0.25, 0.3) is 34.3 Å². The Kier molecular flexibility index (Phi) is 12.4. The van der Waals surface area contributed by atoms with Gasteiger partial charge in [-0.15, -0.1) is 10.2 Å². The van der Waals surface area contributed by atoms with Crippen molar-refractivity contribution >= 4 is 51.1 Å². The quantitative estimate of drug-likeness (QED) is 0.0872. The molecule has 0 spiro atoms. The van der Waals surface area contributed by atoms with Crippen LogP contribution in [0.1, 0.15) is 64.8 Å². The molecule has 0 radical (unpaired) electrons. The topological polar surface area (TPSA) is 256 Å². The molecule has 20 heteroatoms. The number of amides is 5. The standard InChI is InChI=1S/C43H45N11O8S/c1-45-24-26-6-8-28(9-7-26)40-50-51-41(62-40)37-38(44)46-25-33(48-37)27-10-13-30(14-11-27)63(60,61)47-18-4-2-3-5-36(56)53-21-19-52(20-22-53)29-12-15-31-32(23-29)43(59)54(42(31)58)34-16-17-35(55)49-39(34)57/h6-15,23,25,34,45,47H,2-5,16-22,24H2,1H3,(H2,44,46)(H,49,55,57). The number of rotatable bonds is 15. The number of imide groups is 2. The summed E-state index contributed by atoms with van der Waals surface area (Å²) in [5, 5.41) is 13.6. The second kappa shape index (κ2) is 18.2. The van der Waals surface area contributed by atoms with E-state index in [9.17, 15) is 32.4 Å². The van der Waals surface area contributed by atoms with Crippen LogP contribution in [0.3, 0.4) is 0 Å². The number of carbonyl (C=O) groups is 5. The second-order valence-corrected chi connectivity index (χ2v) is 17.2. The van der Waals surface area contributed by atoms with E-state index >= 15 is 0 Å². The normalized spacial score (nSPS) is 16.7. The molecule has 8 rings (SSSR count). The molecule has 1 atom stereocenters. The molecule has 1 unspecified atom stereocenters. The van der Waals surface area contributed by atoms with Gasteiger partial charge in [0.1, 0.15) is 6.04 Å². The highest BCUT2D eigenvalue weighted by Gasteiger charge is 2.45. The average Bonchev–Trinajstić information content (AvgIpc) is 3.87. The van der Waals surface area contributed by atoms with E-state index in [1.165, 1.54) is 18.3 Å². The van der Waals surface area contributed by atoms with Crippen molar-refractivity contribution < 1.29 is 36.8 Å². The van der Waals surface area contributed by atoms with Crippen LogP contribution in [0.2, 0.25) is 0 Å². The Morgan fingerprint density at radius 3 is 2.32 bits per heavy atom. The number of hydrogen-bond donors (Lipinski definition) is 4. The molecule has 2 aromatic heterocycles. The molecule has 2 fully saturated rings. The van der Waals surface area contributed by atoms with E-state index in [2.05, 4.69) is 35.5 Å². The number of piperidine rings is 1. The highest BCUT2D eigenvalue weighted by atomic mass is 32.2. The summed E-state index contributed by atoms with van der Waals surface area (Å²) in [6.45, 7) is 2.93. The Labute approximate surface area is 362 Å². The van der Waals surface area contributed by atoms with Crippen molar-refractivity contribution in [1.82, 2.24) is 45.3 Å². The fraction of sp³-hybridized carbons (Fsp3) is 0.326. The lowest BCUT2D eigenvalue weighted by atomic mass is 10.0. The van der Waals surface area contributed by atoms with Gasteiger partial charge in [0.25, 0.3) is 17.7 Å². The number of nitrogens with two attached hydrogens (primary N) is 1. The van der Waals surface area contributed by atoms with E-state index in [0.717, 1.165) is 28.3 Å². The van der Waals surface area contributed by atoms with E-state index in [1.807, 2.05) is 36.2 Å². The number of unbranched alkanes of at least 4 members (excludes halogenated alkanes) is 2. The van der Waals surface area contributed by atoms with E-state index in [4.69, 9.17) is 10.2 Å². The maximum Gasteiger partial charge on any atom is 0.270 e. The summed E-state index contributed by atoms with van der Waals surface area (Å²) in [6.07, 6.45) is 3.73. The van der Waals surface area contributed by atoms with Crippen molar-refractivity contribution in [2.24, 2.45) is 0 Å². The first-order valence-electron chi connectivity index (χ1n) is 20.6. The highest BCUT2D eigenvalue weighted by Crippen LogP contribution is 2.32. The molecule has 19 nitrogen and oxygen atoms in total. The molecule has 5 amide bonds. The van der Waals surface area contributed by atoms with E-state index in [-0.39, 0.29) is 58.7 Å². The Morgan fingerprint density at radius 1 is 0.873 bits per heavy atom. The number of hydrogen-bond acceptors (Lipinski definition) is 15. The third kappa shape index (κ3) is 9.18. The fourth-order valence-electron chi connectivity index (χ4n) is 7.80. The van der Waals surface area contributed by atoms with Crippen molar-refractivity contribution in [3.8, 4) is 34.3 Å². The van der Waals surface area contributed by atoms with Crippen molar-refractivity contribution in [3.05, 3.63) is 89.6 Å². The van der Waals surface area contributed by atoms with Crippen LogP contribution in [-0.2, 0) is 31.0 Å². The van der Waals surface area contributed by atoms with Gasteiger partial charge in [-0.25, -0.2) is 23.1 Å². The Bertz CT molecular complexity index is 2680. The molecular formula is C43H45N11O8S. The van der Waals surface area contributed by atoms with Crippen LogP contribution in [0.15, 0.2) is 82.2 Å². The highest BCUT2D eigenvalue weighted by molar-refractivity contribution is 7.89. The van der Waals surface area contributed by atoms with Crippen LogP contribution in [-0.4, -0.2) is 114 Å². The van der Waals surface area contributed by atoms with E-state index < -0.39 is 39.7 Å². The third-order valence-corrected chi connectivity index (χ3v) is 12.7. The number of nitrogens with zero attached hydrogens (tertiary/aromatic N) is 7. The molecule has 3 aliphatic heterocycles. The monoisotopic (exact) mass is 875 g/mol. The molecule has 0 aliphatic carbocycles. The van der Waals surface area contributed by atoms with E-state index in [1.54, 1.807) is 35.2 Å². The molecule has 5 N–H and O–H groups in total. The van der Waals surface area contributed by atoms with Gasteiger partial charge in [-0.2, -0.15) is 0 Å². The Balaban J connectivity index is 0.769. The molecule has 326 valence electrons. The first-order valence-corrected chi connectivity index (χ1v) is 22.1. The van der Waals surface area contributed by atoms with Gasteiger partial charge in [0.2, 0.25) is 33.6 Å². The van der Waals surface area contributed by atoms with Crippen molar-refractivity contribution in [1.29, 1.82) is 0 Å². The lowest BCUT2D eigenvalue weighted by Gasteiger charge is -2.36.